The summed E-state index contributed by atoms with van der Waals surface area (Å²) >= 11 is 7.40. The highest BCUT2D eigenvalue weighted by atomic mass is 35.5. The van der Waals surface area contributed by atoms with Crippen LogP contribution in [0, 0.1) is 0 Å². The van der Waals surface area contributed by atoms with Gasteiger partial charge in [-0.2, -0.15) is 0 Å². The molecule has 3 rings (SSSR count). The number of sulfonamides is 1. The lowest BCUT2D eigenvalue weighted by molar-refractivity contribution is 0.0939. The third-order valence-corrected chi connectivity index (χ3v) is 7.94. The van der Waals surface area contributed by atoms with E-state index in [0.717, 1.165) is 9.18 Å². The zero-order valence-electron chi connectivity index (χ0n) is 16.5. The zero-order valence-corrected chi connectivity index (χ0v) is 18.9. The number of rotatable bonds is 6. The van der Waals surface area contributed by atoms with Crippen LogP contribution in [0.15, 0.2) is 35.2 Å². The Kier molecular flexibility index (Phi) is 6.85. The van der Waals surface area contributed by atoms with Crippen molar-refractivity contribution < 1.29 is 17.9 Å². The van der Waals surface area contributed by atoms with Gasteiger partial charge in [-0.25, -0.2) is 12.7 Å². The number of amides is 1. The summed E-state index contributed by atoms with van der Waals surface area (Å²) in [6.45, 7) is 4.26. The third-order valence-electron chi connectivity index (χ3n) is 4.71. The summed E-state index contributed by atoms with van der Waals surface area (Å²) in [4.78, 5) is 16.2. The zero-order chi connectivity index (χ0) is 21.2. The molecule has 1 aliphatic heterocycles. The fourth-order valence-electron chi connectivity index (χ4n) is 3.05. The quantitative estimate of drug-likeness (QED) is 0.721. The van der Waals surface area contributed by atoms with Gasteiger partial charge in [0.25, 0.3) is 5.91 Å². The van der Waals surface area contributed by atoms with Crippen LogP contribution in [0.2, 0.25) is 4.34 Å². The van der Waals surface area contributed by atoms with Gasteiger partial charge in [-0.15, -0.1) is 11.3 Å². The van der Waals surface area contributed by atoms with Crippen LogP contribution in [0.4, 0.5) is 5.69 Å². The van der Waals surface area contributed by atoms with Gasteiger partial charge in [-0.1, -0.05) is 11.6 Å². The molecule has 29 heavy (non-hydrogen) atoms. The maximum absolute atomic E-state index is 13.1. The van der Waals surface area contributed by atoms with E-state index in [1.807, 2.05) is 17.9 Å². The summed E-state index contributed by atoms with van der Waals surface area (Å²) in [5, 5.41) is 2.96. The minimum absolute atomic E-state index is 0.0801. The molecule has 1 fully saturated rings. The first-order chi connectivity index (χ1) is 13.7. The van der Waals surface area contributed by atoms with Gasteiger partial charge >= 0.3 is 0 Å². The normalized spacial score (nSPS) is 16.1. The molecule has 1 N–H and O–H groups in total. The molecule has 1 aromatic carbocycles. The Morgan fingerprint density at radius 2 is 1.93 bits per heavy atom. The van der Waals surface area contributed by atoms with Crippen molar-refractivity contribution in [3.05, 3.63) is 45.1 Å². The van der Waals surface area contributed by atoms with Crippen LogP contribution in [0.3, 0.4) is 0 Å². The third kappa shape index (κ3) is 4.92. The molecule has 0 bridgehead atoms. The van der Waals surface area contributed by atoms with Crippen molar-refractivity contribution in [2.45, 2.75) is 17.9 Å². The summed E-state index contributed by atoms with van der Waals surface area (Å²) in [6, 6.07) is 8.08. The summed E-state index contributed by atoms with van der Waals surface area (Å²) in [5.74, 6) is -0.334. The molecule has 0 spiro atoms. The number of benzene rings is 1. The van der Waals surface area contributed by atoms with Crippen LogP contribution in [0.1, 0.15) is 28.2 Å². The molecule has 0 radical (unpaired) electrons. The van der Waals surface area contributed by atoms with Crippen LogP contribution in [0.5, 0.6) is 0 Å². The molecule has 1 unspecified atom stereocenters. The van der Waals surface area contributed by atoms with E-state index in [1.54, 1.807) is 18.2 Å². The molecule has 1 aromatic heterocycles. The second-order valence-electron chi connectivity index (χ2n) is 6.90. The molecule has 0 aliphatic carbocycles. The molecule has 0 saturated carbocycles. The standard InChI is InChI=1S/C19H24ClN3O4S2/c1-13(17-6-7-18(20)28-17)21-19(24)15-12-14(29(25,26)22(2)3)4-5-16(15)23-8-10-27-11-9-23/h4-7,12-13H,8-11H2,1-3H3,(H,21,24). The molecular weight excluding hydrogens is 434 g/mol. The summed E-state index contributed by atoms with van der Waals surface area (Å²) < 4.78 is 32.4. The summed E-state index contributed by atoms with van der Waals surface area (Å²) in [7, 11) is -0.731. The van der Waals surface area contributed by atoms with Crippen LogP contribution in [-0.2, 0) is 14.8 Å². The van der Waals surface area contributed by atoms with E-state index in [1.165, 1.54) is 31.5 Å². The van der Waals surface area contributed by atoms with Gasteiger partial charge in [0.1, 0.15) is 0 Å². The SMILES string of the molecule is CC(NC(=O)c1cc(S(=O)(=O)N(C)C)ccc1N1CCOCC1)c1ccc(Cl)s1. The van der Waals surface area contributed by atoms with Gasteiger partial charge in [0, 0.05) is 37.7 Å². The van der Waals surface area contributed by atoms with Gasteiger partial charge in [0.15, 0.2) is 0 Å². The Morgan fingerprint density at radius 1 is 1.24 bits per heavy atom. The van der Waals surface area contributed by atoms with Crippen molar-refractivity contribution in [1.29, 1.82) is 0 Å². The number of nitrogens with one attached hydrogen (secondary N) is 1. The van der Waals surface area contributed by atoms with Gasteiger partial charge in [0.05, 0.1) is 34.1 Å². The number of anilines is 1. The molecule has 158 valence electrons. The number of nitrogens with zero attached hydrogens (tertiary/aromatic N) is 2. The van der Waals surface area contributed by atoms with E-state index >= 15 is 0 Å². The largest absolute Gasteiger partial charge is 0.378 e. The molecule has 1 saturated heterocycles. The molecular formula is C19H24ClN3O4S2. The fourth-order valence-corrected chi connectivity index (χ4v) is 5.05. The molecule has 2 aromatic rings. The fraction of sp³-hybridized carbons (Fsp3) is 0.421. The van der Waals surface area contributed by atoms with Crippen molar-refractivity contribution in [3.8, 4) is 0 Å². The predicted molar refractivity (Wildman–Crippen MR) is 116 cm³/mol. The molecule has 2 heterocycles. The van der Waals surface area contributed by atoms with Crippen molar-refractivity contribution in [3.63, 3.8) is 0 Å². The molecule has 1 aliphatic rings. The number of ether oxygens (including phenoxy) is 1. The van der Waals surface area contributed by atoms with Crippen molar-refractivity contribution in [2.24, 2.45) is 0 Å². The lowest BCUT2D eigenvalue weighted by Gasteiger charge is -2.31. The van der Waals surface area contributed by atoms with Crippen LogP contribution < -0.4 is 10.2 Å². The Labute approximate surface area is 180 Å². The van der Waals surface area contributed by atoms with Crippen LogP contribution in [-0.4, -0.2) is 59.0 Å². The lowest BCUT2D eigenvalue weighted by Crippen LogP contribution is -2.38. The minimum atomic E-state index is -3.66. The van der Waals surface area contributed by atoms with E-state index in [2.05, 4.69) is 5.32 Å². The average Bonchev–Trinajstić information content (AvgIpc) is 3.14. The number of carbonyl (C=O) groups is 1. The number of thiophene rings is 1. The minimum Gasteiger partial charge on any atom is -0.378 e. The van der Waals surface area contributed by atoms with Crippen LogP contribution in [0.25, 0.3) is 0 Å². The van der Waals surface area contributed by atoms with Gasteiger partial charge in [0.2, 0.25) is 10.0 Å². The van der Waals surface area contributed by atoms with E-state index in [4.69, 9.17) is 16.3 Å². The summed E-state index contributed by atoms with van der Waals surface area (Å²) in [5.41, 5.74) is 1.02. The monoisotopic (exact) mass is 457 g/mol. The maximum atomic E-state index is 13.1. The Hall–Kier alpha value is -1.65. The average molecular weight is 458 g/mol. The van der Waals surface area contributed by atoms with Crippen molar-refractivity contribution in [2.75, 3.05) is 45.3 Å². The molecule has 10 heteroatoms. The van der Waals surface area contributed by atoms with E-state index < -0.39 is 10.0 Å². The summed E-state index contributed by atoms with van der Waals surface area (Å²) in [6.07, 6.45) is 0. The topological polar surface area (TPSA) is 79.0 Å². The number of halogens is 1. The first kappa shape index (κ1) is 22.0. The van der Waals surface area contributed by atoms with Gasteiger partial charge in [-0.3, -0.25) is 4.79 Å². The second kappa shape index (κ2) is 9.01. The highest BCUT2D eigenvalue weighted by Gasteiger charge is 2.25. The highest BCUT2D eigenvalue weighted by molar-refractivity contribution is 7.89. The number of hydrogen-bond acceptors (Lipinski definition) is 6. The molecule has 7 nitrogen and oxygen atoms in total. The van der Waals surface area contributed by atoms with Crippen molar-refractivity contribution >= 4 is 44.6 Å². The molecule has 1 amide bonds. The first-order valence-electron chi connectivity index (χ1n) is 9.15. The van der Waals surface area contributed by atoms with Crippen LogP contribution >= 0.6 is 22.9 Å². The van der Waals surface area contributed by atoms with E-state index in [-0.39, 0.29) is 16.8 Å². The maximum Gasteiger partial charge on any atom is 0.253 e. The Morgan fingerprint density at radius 3 is 2.52 bits per heavy atom. The van der Waals surface area contributed by atoms with E-state index in [9.17, 15) is 13.2 Å². The van der Waals surface area contributed by atoms with Crippen molar-refractivity contribution in [1.82, 2.24) is 9.62 Å². The smallest absolute Gasteiger partial charge is 0.253 e. The number of carbonyl (C=O) groups excluding carboxylic acids is 1. The van der Waals surface area contributed by atoms with E-state index in [0.29, 0.717) is 41.9 Å². The highest BCUT2D eigenvalue weighted by Crippen LogP contribution is 2.29. The number of hydrogen-bond donors (Lipinski definition) is 1. The predicted octanol–water partition coefficient (Wildman–Crippen LogP) is 2.98. The molecule has 1 atom stereocenters. The Bertz CT molecular complexity index is 985. The Balaban J connectivity index is 1.96. The van der Waals surface area contributed by atoms with Gasteiger partial charge in [-0.05, 0) is 37.3 Å². The van der Waals surface area contributed by atoms with Gasteiger partial charge < -0.3 is 15.0 Å². The number of morpholine rings is 1. The lowest BCUT2D eigenvalue weighted by atomic mass is 10.1. The first-order valence-corrected chi connectivity index (χ1v) is 11.8. The second-order valence-corrected chi connectivity index (χ2v) is 10.8.